The van der Waals surface area contributed by atoms with Gasteiger partial charge in [-0.1, -0.05) is 18.2 Å². The Morgan fingerprint density at radius 3 is 2.82 bits per heavy atom. The van der Waals surface area contributed by atoms with Gasteiger partial charge < -0.3 is 15.3 Å². The van der Waals surface area contributed by atoms with Gasteiger partial charge in [0.05, 0.1) is 18.0 Å². The number of carbonyl (C=O) groups is 1. The number of alkyl halides is 1. The van der Waals surface area contributed by atoms with Crippen LogP contribution < -0.4 is 10.2 Å². The second-order valence-corrected chi connectivity index (χ2v) is 8.85. The van der Waals surface area contributed by atoms with Gasteiger partial charge in [0.25, 0.3) is 0 Å². The van der Waals surface area contributed by atoms with E-state index in [0.717, 1.165) is 45.1 Å². The van der Waals surface area contributed by atoms with Crippen molar-refractivity contribution in [3.05, 3.63) is 59.9 Å². The average molecular weight is 445 g/mol. The van der Waals surface area contributed by atoms with Gasteiger partial charge in [-0.2, -0.15) is 9.61 Å². The van der Waals surface area contributed by atoms with E-state index in [4.69, 9.17) is 5.10 Å². The summed E-state index contributed by atoms with van der Waals surface area (Å²) in [6.45, 7) is 1.41. The van der Waals surface area contributed by atoms with Crippen LogP contribution in [-0.4, -0.2) is 51.0 Å². The predicted molar refractivity (Wildman–Crippen MR) is 125 cm³/mol. The molecule has 168 valence electrons. The molecule has 1 aliphatic carbocycles. The average Bonchev–Trinajstić information content (AvgIpc) is 3.39. The summed E-state index contributed by atoms with van der Waals surface area (Å²) in [7, 11) is 0. The monoisotopic (exact) mass is 445 g/mol. The van der Waals surface area contributed by atoms with E-state index in [1.54, 1.807) is 18.3 Å². The summed E-state index contributed by atoms with van der Waals surface area (Å²) in [5, 5.41) is 17.8. The van der Waals surface area contributed by atoms with Gasteiger partial charge in [0, 0.05) is 37.0 Å². The van der Waals surface area contributed by atoms with Gasteiger partial charge in [-0.05, 0) is 53.8 Å². The zero-order valence-electron chi connectivity index (χ0n) is 18.0. The fraction of sp³-hybridized carbons (Fsp3) is 0.320. The van der Waals surface area contributed by atoms with E-state index in [9.17, 15) is 14.3 Å². The van der Waals surface area contributed by atoms with Crippen LogP contribution in [0.3, 0.4) is 0 Å². The molecule has 0 bridgehead atoms. The lowest BCUT2D eigenvalue weighted by atomic mass is 9.95. The largest absolute Gasteiger partial charge is 0.393 e. The molecule has 0 radical (unpaired) electrons. The number of allylic oxidation sites excluding steroid dienone is 4. The van der Waals surface area contributed by atoms with E-state index < -0.39 is 6.17 Å². The zero-order valence-corrected chi connectivity index (χ0v) is 18.0. The molecule has 0 saturated carbocycles. The lowest BCUT2D eigenvalue weighted by Gasteiger charge is -2.30. The molecule has 4 heterocycles. The highest BCUT2D eigenvalue weighted by atomic mass is 19.1. The Labute approximate surface area is 190 Å². The topological polar surface area (TPSA) is 82.8 Å². The number of halogens is 1. The molecule has 2 aliphatic heterocycles. The molecule has 1 unspecified atom stereocenters. The van der Waals surface area contributed by atoms with Crippen molar-refractivity contribution in [1.29, 1.82) is 0 Å². The van der Waals surface area contributed by atoms with Crippen LogP contribution in [0.4, 0.5) is 16.0 Å². The number of benzene rings is 1. The molecule has 1 fully saturated rings. The standard InChI is InChI=1S/C25H24FN5O2/c26-18-4-1-15(2-5-18)24-23(16-3-6-20-17(13-16)14-22(33)28-20)21-7-10-27-25(31(21)29-24)30-11-8-19(32)9-12-30/h1-4,6-7,10,13,18-19,32H,5,8-9,11-12,14H2,(H,28,33). The van der Waals surface area contributed by atoms with Crippen LogP contribution in [0.1, 0.15) is 30.5 Å². The number of fused-ring (bicyclic) bond motifs is 2. The minimum absolute atomic E-state index is 0.00656. The second kappa shape index (κ2) is 7.81. The van der Waals surface area contributed by atoms with E-state index >= 15 is 0 Å². The smallest absolute Gasteiger partial charge is 0.228 e. The third kappa shape index (κ3) is 3.51. The third-order valence-electron chi connectivity index (χ3n) is 6.62. The molecule has 2 aromatic heterocycles. The van der Waals surface area contributed by atoms with E-state index in [2.05, 4.69) is 15.2 Å². The predicted octanol–water partition coefficient (Wildman–Crippen LogP) is 3.53. The Bertz CT molecular complexity index is 1320. The van der Waals surface area contributed by atoms with Crippen molar-refractivity contribution in [1.82, 2.24) is 14.6 Å². The highest BCUT2D eigenvalue weighted by molar-refractivity contribution is 6.01. The van der Waals surface area contributed by atoms with Crippen molar-refractivity contribution in [3.8, 4) is 11.1 Å². The minimum Gasteiger partial charge on any atom is -0.393 e. The van der Waals surface area contributed by atoms with Gasteiger partial charge in [-0.3, -0.25) is 4.79 Å². The maximum Gasteiger partial charge on any atom is 0.228 e. The van der Waals surface area contributed by atoms with E-state index in [0.29, 0.717) is 38.8 Å². The lowest BCUT2D eigenvalue weighted by Crippen LogP contribution is -2.37. The number of anilines is 2. The number of aromatic nitrogens is 3. The van der Waals surface area contributed by atoms with Crippen molar-refractivity contribution in [2.24, 2.45) is 0 Å². The minimum atomic E-state index is -0.983. The molecule has 1 aromatic carbocycles. The molecule has 3 aliphatic rings. The molecule has 33 heavy (non-hydrogen) atoms. The second-order valence-electron chi connectivity index (χ2n) is 8.85. The first-order valence-corrected chi connectivity index (χ1v) is 11.3. The van der Waals surface area contributed by atoms with Crippen molar-refractivity contribution in [2.75, 3.05) is 23.3 Å². The van der Waals surface area contributed by atoms with Crippen molar-refractivity contribution in [2.45, 2.75) is 38.0 Å². The first kappa shape index (κ1) is 20.1. The Balaban J connectivity index is 1.53. The Hall–Kier alpha value is -3.52. The van der Waals surface area contributed by atoms with Gasteiger partial charge in [0.2, 0.25) is 11.9 Å². The summed E-state index contributed by atoms with van der Waals surface area (Å²) < 4.78 is 15.6. The van der Waals surface area contributed by atoms with E-state index in [1.807, 2.05) is 34.9 Å². The van der Waals surface area contributed by atoms with Gasteiger partial charge >= 0.3 is 0 Å². The van der Waals surface area contributed by atoms with Crippen LogP contribution in [0, 0.1) is 0 Å². The first-order valence-electron chi connectivity index (χ1n) is 11.3. The Morgan fingerprint density at radius 2 is 2.03 bits per heavy atom. The molecule has 0 spiro atoms. The quantitative estimate of drug-likeness (QED) is 0.645. The van der Waals surface area contributed by atoms with E-state index in [-0.39, 0.29) is 12.0 Å². The number of amides is 1. The molecular weight excluding hydrogens is 421 g/mol. The van der Waals surface area contributed by atoms with Gasteiger partial charge in [-0.25, -0.2) is 9.37 Å². The normalized spacial score (nSPS) is 20.8. The van der Waals surface area contributed by atoms with Crippen LogP contribution in [0.15, 0.2) is 48.7 Å². The van der Waals surface area contributed by atoms with Crippen LogP contribution >= 0.6 is 0 Å². The highest BCUT2D eigenvalue weighted by Gasteiger charge is 2.26. The molecule has 2 N–H and O–H groups in total. The van der Waals surface area contributed by atoms with Crippen molar-refractivity contribution < 1.29 is 14.3 Å². The summed E-state index contributed by atoms with van der Waals surface area (Å²) >= 11 is 0. The van der Waals surface area contributed by atoms with Crippen molar-refractivity contribution in [3.63, 3.8) is 0 Å². The molecule has 8 heteroatoms. The molecule has 1 atom stereocenters. The molecule has 7 nitrogen and oxygen atoms in total. The summed E-state index contributed by atoms with van der Waals surface area (Å²) in [5.74, 6) is 0.724. The highest BCUT2D eigenvalue weighted by Crippen LogP contribution is 2.38. The number of aliphatic hydroxyl groups is 1. The number of carbonyl (C=O) groups excluding carboxylic acids is 1. The number of aliphatic hydroxyl groups excluding tert-OH is 1. The van der Waals surface area contributed by atoms with Crippen LogP contribution in [-0.2, 0) is 11.2 Å². The fourth-order valence-electron chi connectivity index (χ4n) is 4.89. The zero-order chi connectivity index (χ0) is 22.5. The van der Waals surface area contributed by atoms with Crippen LogP contribution in [0.5, 0.6) is 0 Å². The number of rotatable bonds is 3. The molecule has 1 amide bonds. The molecule has 6 rings (SSSR count). The maximum absolute atomic E-state index is 13.8. The maximum atomic E-state index is 13.8. The number of nitrogens with zero attached hydrogens (tertiary/aromatic N) is 4. The van der Waals surface area contributed by atoms with E-state index in [1.165, 1.54) is 0 Å². The number of hydrogen-bond donors (Lipinski definition) is 2. The number of piperidine rings is 1. The molecule has 1 saturated heterocycles. The lowest BCUT2D eigenvalue weighted by molar-refractivity contribution is -0.115. The molecular formula is C25H24FN5O2. The summed E-state index contributed by atoms with van der Waals surface area (Å²) in [6, 6.07) is 7.90. The van der Waals surface area contributed by atoms with Crippen LogP contribution in [0.2, 0.25) is 0 Å². The summed E-state index contributed by atoms with van der Waals surface area (Å²) in [5.41, 5.74) is 6.23. The number of hydrogen-bond acceptors (Lipinski definition) is 5. The summed E-state index contributed by atoms with van der Waals surface area (Å²) in [6.07, 6.45) is 7.82. The summed E-state index contributed by atoms with van der Waals surface area (Å²) in [4.78, 5) is 18.7. The fourth-order valence-corrected chi connectivity index (χ4v) is 4.89. The number of nitrogens with one attached hydrogen (secondary N) is 1. The van der Waals surface area contributed by atoms with Crippen molar-refractivity contribution >= 4 is 28.6 Å². The Kier molecular flexibility index (Phi) is 4.76. The van der Waals surface area contributed by atoms with Gasteiger partial charge in [0.15, 0.2) is 0 Å². The third-order valence-corrected chi connectivity index (χ3v) is 6.62. The van der Waals surface area contributed by atoms with Gasteiger partial charge in [-0.15, -0.1) is 0 Å². The Morgan fingerprint density at radius 1 is 1.18 bits per heavy atom. The van der Waals surface area contributed by atoms with Gasteiger partial charge in [0.1, 0.15) is 11.9 Å². The van der Waals surface area contributed by atoms with Crippen LogP contribution in [0.25, 0.3) is 22.2 Å². The first-order chi connectivity index (χ1) is 16.1. The molecule has 3 aromatic rings. The SMILES string of the molecule is O=C1Cc2cc(-c3c(C4=CCC(F)C=C4)nn4c(N5CCC(O)CC5)nccc34)ccc2N1.